The average molecular weight is 756 g/mol. The van der Waals surface area contributed by atoms with Gasteiger partial charge in [0, 0.05) is 64.1 Å². The molecule has 0 bridgehead atoms. The Kier molecular flexibility index (Phi) is 5.18. The predicted octanol–water partition coefficient (Wildman–Crippen LogP) is 13.4. The maximum Gasteiger partial charge on any atom is 0.164 e. The molecule has 8 aromatic carbocycles. The van der Waals surface area contributed by atoms with Crippen LogP contribution in [0.1, 0.15) is 13.7 Å². The number of benzene rings is 8. The van der Waals surface area contributed by atoms with E-state index in [0.29, 0.717) is 5.56 Å². The first kappa shape index (κ1) is 23.5. The summed E-state index contributed by atoms with van der Waals surface area (Å²) >= 11 is 1.57. The van der Waals surface area contributed by atoms with Crippen molar-refractivity contribution in [1.82, 2.24) is 24.1 Å². The van der Waals surface area contributed by atoms with E-state index < -0.39 is 60.4 Å². The fourth-order valence-corrected chi connectivity index (χ4v) is 9.36. The Bertz CT molecular complexity index is 3980. The van der Waals surface area contributed by atoms with E-state index in [4.69, 9.17) is 13.7 Å². The molecule has 6 heteroatoms. The minimum absolute atomic E-state index is 0.0124. The highest BCUT2D eigenvalue weighted by molar-refractivity contribution is 7.26. The van der Waals surface area contributed by atoms with Crippen LogP contribution in [-0.4, -0.2) is 24.1 Å². The molecule has 4 aromatic heterocycles. The molecule has 0 unspecified atom stereocenters. The van der Waals surface area contributed by atoms with Crippen molar-refractivity contribution < 1.29 is 13.7 Å². The van der Waals surface area contributed by atoms with Crippen LogP contribution in [0.25, 0.3) is 109 Å². The Morgan fingerprint density at radius 2 is 1.04 bits per heavy atom. The van der Waals surface area contributed by atoms with E-state index in [9.17, 15) is 0 Å². The van der Waals surface area contributed by atoms with Crippen LogP contribution < -0.4 is 0 Å². The maximum absolute atomic E-state index is 8.74. The van der Waals surface area contributed by atoms with Crippen LogP contribution in [0, 0.1) is 0 Å². The van der Waals surface area contributed by atoms with Crippen LogP contribution >= 0.6 is 11.3 Å². The summed E-state index contributed by atoms with van der Waals surface area (Å²) in [5.74, 6) is -0.609. The monoisotopic (exact) mass is 755 g/mol. The summed E-state index contributed by atoms with van der Waals surface area (Å²) in [5.41, 5.74) is 6.22. The summed E-state index contributed by atoms with van der Waals surface area (Å²) < 4.78 is 91.3. The molecule has 0 atom stereocenters. The number of para-hydroxylation sites is 3. The number of aromatic nitrogens is 5. The Morgan fingerprint density at radius 3 is 1.75 bits per heavy atom. The van der Waals surface area contributed by atoms with E-state index >= 15 is 0 Å². The van der Waals surface area contributed by atoms with Gasteiger partial charge in [0.1, 0.15) is 0 Å². The molecule has 0 amide bonds. The predicted molar refractivity (Wildman–Crippen MR) is 238 cm³/mol. The molecule has 0 saturated carbocycles. The van der Waals surface area contributed by atoms with Crippen molar-refractivity contribution in [3.8, 4) is 45.5 Å². The zero-order valence-corrected chi connectivity index (χ0v) is 30.6. The molecule has 12 aromatic rings. The van der Waals surface area contributed by atoms with Crippen molar-refractivity contribution in [3.63, 3.8) is 0 Å². The number of hydrogen-bond donors (Lipinski definition) is 0. The van der Waals surface area contributed by atoms with E-state index in [1.807, 2.05) is 24.3 Å². The lowest BCUT2D eigenvalue weighted by atomic mass is 10.1. The molecule has 0 aliphatic heterocycles. The van der Waals surface area contributed by atoms with E-state index in [-0.39, 0.29) is 28.6 Å². The van der Waals surface area contributed by atoms with Gasteiger partial charge >= 0.3 is 0 Å². The fraction of sp³-hybridized carbons (Fsp3) is 0. The molecule has 4 heterocycles. The number of rotatable bonds is 5. The van der Waals surface area contributed by atoms with Gasteiger partial charge in [-0.3, -0.25) is 0 Å². The first-order chi connectivity index (χ1) is 32.4. The fourth-order valence-electron chi connectivity index (χ4n) is 8.20. The minimum atomic E-state index is -0.601. The van der Waals surface area contributed by atoms with Crippen LogP contribution in [0.2, 0.25) is 0 Å². The van der Waals surface area contributed by atoms with E-state index in [2.05, 4.69) is 127 Å². The van der Waals surface area contributed by atoms with Crippen LogP contribution in [0.15, 0.2) is 188 Å². The van der Waals surface area contributed by atoms with E-state index in [1.54, 1.807) is 11.3 Å². The smallest absolute Gasteiger partial charge is 0.164 e. The summed E-state index contributed by atoms with van der Waals surface area (Å²) in [4.78, 5) is 13.8. The molecule has 12 rings (SSSR count). The molecular weight excluding hydrogens is 715 g/mol. The van der Waals surface area contributed by atoms with Crippen LogP contribution in [-0.2, 0) is 0 Å². The Labute approximate surface area is 345 Å². The molecule has 0 aliphatic carbocycles. The third kappa shape index (κ3) is 4.91. The molecule has 0 fully saturated rings. The van der Waals surface area contributed by atoms with Gasteiger partial charge in [-0.1, -0.05) is 139 Å². The van der Waals surface area contributed by atoms with Gasteiger partial charge in [-0.25, -0.2) is 15.0 Å². The SMILES string of the molecule is [2H]c1c([2H])c([2H])c(-c2nc(-c3ccc4c(c3)sc3cccc(-n5c6ccccc6c6c5ccc5c7ccccc7n(-c7ccccc7)c56)c34)nc(-c3c([2H])c([2H])c([2H])c([2H])c3[2H])n2)c([2H])c1[2H]. The first-order valence-corrected chi connectivity index (χ1v) is 19.1. The summed E-state index contributed by atoms with van der Waals surface area (Å²) in [6.07, 6.45) is 0. The lowest BCUT2D eigenvalue weighted by Gasteiger charge is -2.11. The van der Waals surface area contributed by atoms with Crippen molar-refractivity contribution in [2.24, 2.45) is 0 Å². The molecule has 5 nitrogen and oxygen atoms in total. The van der Waals surface area contributed by atoms with Gasteiger partial charge in [0.05, 0.1) is 41.5 Å². The van der Waals surface area contributed by atoms with Crippen molar-refractivity contribution in [3.05, 3.63) is 188 Å². The molecule has 0 N–H and O–H groups in total. The second-order valence-corrected chi connectivity index (χ2v) is 14.7. The van der Waals surface area contributed by atoms with Crippen LogP contribution in [0.3, 0.4) is 0 Å². The van der Waals surface area contributed by atoms with Crippen molar-refractivity contribution >= 4 is 75.1 Å². The molecule has 0 radical (unpaired) electrons. The number of nitrogens with zero attached hydrogens (tertiary/aromatic N) is 5. The van der Waals surface area contributed by atoms with E-state index in [1.165, 1.54) is 5.39 Å². The third-order valence-corrected chi connectivity index (χ3v) is 11.7. The summed E-state index contributed by atoms with van der Waals surface area (Å²) in [7, 11) is 0. The Balaban J connectivity index is 1.10. The zero-order chi connectivity index (χ0) is 46.2. The molecular formula is C51H31N5S. The van der Waals surface area contributed by atoms with Crippen LogP contribution in [0.5, 0.6) is 0 Å². The van der Waals surface area contributed by atoms with Gasteiger partial charge in [0.25, 0.3) is 0 Å². The molecule has 57 heavy (non-hydrogen) atoms. The second kappa shape index (κ2) is 12.6. The maximum atomic E-state index is 8.74. The van der Waals surface area contributed by atoms with Gasteiger partial charge in [0.2, 0.25) is 0 Å². The lowest BCUT2D eigenvalue weighted by Crippen LogP contribution is -2.00. The summed E-state index contributed by atoms with van der Waals surface area (Å²) in [6, 6.07) is 38.0. The highest BCUT2D eigenvalue weighted by atomic mass is 32.1. The van der Waals surface area contributed by atoms with E-state index in [0.717, 1.165) is 69.8 Å². The van der Waals surface area contributed by atoms with Gasteiger partial charge in [-0.15, -0.1) is 11.3 Å². The minimum Gasteiger partial charge on any atom is -0.309 e. The second-order valence-electron chi connectivity index (χ2n) is 13.7. The van der Waals surface area contributed by atoms with Gasteiger partial charge in [0.15, 0.2) is 17.5 Å². The largest absolute Gasteiger partial charge is 0.309 e. The number of hydrogen-bond acceptors (Lipinski definition) is 4. The van der Waals surface area contributed by atoms with Gasteiger partial charge in [-0.05, 0) is 48.5 Å². The standard InChI is InChI=1S/C51H31N5S/c1-4-15-32(16-5-1)49-52-50(33-17-6-2-7-18-33)54-51(53-49)34-27-28-39-45(31-34)57-44-26-14-25-42(46(39)44)56-41-24-13-11-22-38(41)47-43(56)30-29-37-36-21-10-12-23-40(36)55(48(37)47)35-19-8-3-9-20-35/h1-31H/i1D,2D,4D,5D,6D,7D,15D,16D,17D,18D. The van der Waals surface area contributed by atoms with Crippen molar-refractivity contribution in [1.29, 1.82) is 0 Å². The van der Waals surface area contributed by atoms with Crippen molar-refractivity contribution in [2.45, 2.75) is 0 Å². The molecule has 0 saturated heterocycles. The third-order valence-electron chi connectivity index (χ3n) is 10.5. The summed E-state index contributed by atoms with van der Waals surface area (Å²) in [6.45, 7) is 0. The number of thiophene rings is 1. The zero-order valence-electron chi connectivity index (χ0n) is 39.8. The molecule has 266 valence electrons. The first-order valence-electron chi connectivity index (χ1n) is 23.3. The number of fused-ring (bicyclic) bond motifs is 10. The van der Waals surface area contributed by atoms with Gasteiger partial charge in [-0.2, -0.15) is 0 Å². The van der Waals surface area contributed by atoms with Crippen molar-refractivity contribution in [2.75, 3.05) is 0 Å². The summed E-state index contributed by atoms with van der Waals surface area (Å²) in [5, 5.41) is 6.55. The molecule has 0 aliphatic rings. The quantitative estimate of drug-likeness (QED) is 0.176. The lowest BCUT2D eigenvalue weighted by molar-refractivity contribution is 1.07. The van der Waals surface area contributed by atoms with Gasteiger partial charge < -0.3 is 9.13 Å². The Hall–Kier alpha value is -7.41. The van der Waals surface area contributed by atoms with Crippen LogP contribution in [0.4, 0.5) is 0 Å². The normalized spacial score (nSPS) is 14.3. The topological polar surface area (TPSA) is 48.5 Å². The highest BCUT2D eigenvalue weighted by Crippen LogP contribution is 2.45. The average Bonchev–Trinajstić information content (AvgIpc) is 4.02. The Morgan fingerprint density at radius 1 is 0.421 bits per heavy atom. The molecule has 0 spiro atoms. The highest BCUT2D eigenvalue weighted by Gasteiger charge is 2.22.